The first kappa shape index (κ1) is 19.9. The second-order valence-electron chi connectivity index (χ2n) is 6.46. The third-order valence-electron chi connectivity index (χ3n) is 4.49. The number of hydrogen-bond donors (Lipinski definition) is 3. The Morgan fingerprint density at radius 2 is 1.90 bits per heavy atom. The van der Waals surface area contributed by atoms with Crippen LogP contribution in [0, 0.1) is 13.8 Å². The molecule has 9 nitrogen and oxygen atoms in total. The number of carbonyl (C=O) groups excluding carboxylic acids is 2. The smallest absolute Gasteiger partial charge is 0.280 e. The van der Waals surface area contributed by atoms with Crippen molar-refractivity contribution < 1.29 is 14.3 Å². The van der Waals surface area contributed by atoms with E-state index in [2.05, 4.69) is 20.9 Å². The monoisotopic (exact) mass is 394 g/mol. The maximum Gasteiger partial charge on any atom is 0.280 e. The molecule has 0 atom stereocenters. The number of benzene rings is 2. The number of methoxy groups -OCH3 is 1. The minimum atomic E-state index is -0.490. The van der Waals surface area contributed by atoms with E-state index in [4.69, 9.17) is 10.5 Å². The zero-order valence-electron chi connectivity index (χ0n) is 16.4. The van der Waals surface area contributed by atoms with Crippen LogP contribution in [0.4, 0.5) is 17.2 Å². The molecule has 0 bridgehead atoms. The van der Waals surface area contributed by atoms with Gasteiger partial charge >= 0.3 is 0 Å². The second kappa shape index (κ2) is 8.42. The molecule has 2 amide bonds. The van der Waals surface area contributed by atoms with E-state index in [9.17, 15) is 9.59 Å². The van der Waals surface area contributed by atoms with Gasteiger partial charge in [-0.25, -0.2) is 4.68 Å². The average Bonchev–Trinajstić information content (AvgIpc) is 3.06. The van der Waals surface area contributed by atoms with Gasteiger partial charge in [-0.15, -0.1) is 5.10 Å². The molecule has 0 unspecified atom stereocenters. The largest absolute Gasteiger partial charge is 0.497 e. The van der Waals surface area contributed by atoms with Gasteiger partial charge in [0, 0.05) is 17.4 Å². The third kappa shape index (κ3) is 4.52. The summed E-state index contributed by atoms with van der Waals surface area (Å²) in [5, 5.41) is 13.2. The number of nitrogens with zero attached hydrogens (tertiary/aromatic N) is 3. The van der Waals surface area contributed by atoms with Gasteiger partial charge in [0.1, 0.15) is 12.3 Å². The zero-order chi connectivity index (χ0) is 21.0. The van der Waals surface area contributed by atoms with Crippen molar-refractivity contribution in [1.29, 1.82) is 0 Å². The highest BCUT2D eigenvalue weighted by Crippen LogP contribution is 2.20. The van der Waals surface area contributed by atoms with Crippen molar-refractivity contribution >= 4 is 29.0 Å². The summed E-state index contributed by atoms with van der Waals surface area (Å²) in [5.74, 6) is -0.228. The Morgan fingerprint density at radius 3 is 2.66 bits per heavy atom. The Balaban J connectivity index is 1.69. The van der Waals surface area contributed by atoms with Gasteiger partial charge in [-0.3, -0.25) is 9.59 Å². The van der Waals surface area contributed by atoms with Crippen LogP contribution < -0.4 is 21.1 Å². The summed E-state index contributed by atoms with van der Waals surface area (Å²) in [7, 11) is 1.54. The summed E-state index contributed by atoms with van der Waals surface area (Å²) in [4.78, 5) is 24.8. The van der Waals surface area contributed by atoms with Crippen molar-refractivity contribution in [2.75, 3.05) is 23.5 Å². The molecule has 0 aliphatic rings. The SMILES string of the molecule is COc1cccc(NC(=O)Cn2nnc(C(=O)Nc3cccc(C)c3C)c2N)c1. The Labute approximate surface area is 167 Å². The van der Waals surface area contributed by atoms with E-state index in [0.717, 1.165) is 11.1 Å². The molecule has 3 rings (SSSR count). The van der Waals surface area contributed by atoms with Crippen LogP contribution in [0.15, 0.2) is 42.5 Å². The van der Waals surface area contributed by atoms with E-state index in [1.54, 1.807) is 37.4 Å². The molecule has 150 valence electrons. The molecule has 2 aromatic carbocycles. The van der Waals surface area contributed by atoms with Gasteiger partial charge in [0.05, 0.1) is 7.11 Å². The molecule has 29 heavy (non-hydrogen) atoms. The summed E-state index contributed by atoms with van der Waals surface area (Å²) in [5.41, 5.74) is 9.18. The van der Waals surface area contributed by atoms with E-state index < -0.39 is 5.91 Å². The topological polar surface area (TPSA) is 124 Å². The predicted octanol–water partition coefficient (Wildman–Crippen LogP) is 2.38. The van der Waals surface area contributed by atoms with Gasteiger partial charge in [-0.05, 0) is 43.2 Å². The van der Waals surface area contributed by atoms with Gasteiger partial charge < -0.3 is 21.1 Å². The molecular weight excluding hydrogens is 372 g/mol. The Kier molecular flexibility index (Phi) is 5.77. The Bertz CT molecular complexity index is 1060. The fraction of sp³-hybridized carbons (Fsp3) is 0.200. The highest BCUT2D eigenvalue weighted by molar-refractivity contribution is 6.06. The van der Waals surface area contributed by atoms with Crippen molar-refractivity contribution in [2.24, 2.45) is 0 Å². The molecule has 1 heterocycles. The van der Waals surface area contributed by atoms with E-state index in [1.165, 1.54) is 4.68 Å². The van der Waals surface area contributed by atoms with Crippen LogP contribution in [-0.4, -0.2) is 33.9 Å². The number of nitrogens with two attached hydrogens (primary N) is 1. The highest BCUT2D eigenvalue weighted by atomic mass is 16.5. The van der Waals surface area contributed by atoms with Crippen LogP contribution in [0.2, 0.25) is 0 Å². The molecule has 0 saturated carbocycles. The van der Waals surface area contributed by atoms with Crippen molar-refractivity contribution in [3.8, 4) is 5.75 Å². The predicted molar refractivity (Wildman–Crippen MR) is 110 cm³/mol. The van der Waals surface area contributed by atoms with Crippen LogP contribution >= 0.6 is 0 Å². The number of rotatable bonds is 6. The highest BCUT2D eigenvalue weighted by Gasteiger charge is 2.20. The first-order valence-corrected chi connectivity index (χ1v) is 8.89. The first-order chi connectivity index (χ1) is 13.9. The van der Waals surface area contributed by atoms with Crippen LogP contribution in [0.25, 0.3) is 0 Å². The van der Waals surface area contributed by atoms with E-state index in [1.807, 2.05) is 26.0 Å². The standard InChI is InChI=1S/C20H22N6O3/c1-12-6-4-9-16(13(12)2)23-20(28)18-19(21)26(25-24-18)11-17(27)22-14-7-5-8-15(10-14)29-3/h4-10H,11,21H2,1-3H3,(H,22,27)(H,23,28). The lowest BCUT2D eigenvalue weighted by molar-refractivity contribution is -0.116. The fourth-order valence-corrected chi connectivity index (χ4v) is 2.70. The summed E-state index contributed by atoms with van der Waals surface area (Å²) >= 11 is 0. The van der Waals surface area contributed by atoms with Crippen molar-refractivity contribution in [3.05, 3.63) is 59.3 Å². The average molecular weight is 394 g/mol. The van der Waals surface area contributed by atoms with E-state index >= 15 is 0 Å². The lowest BCUT2D eigenvalue weighted by atomic mass is 10.1. The summed E-state index contributed by atoms with van der Waals surface area (Å²) < 4.78 is 6.30. The van der Waals surface area contributed by atoms with Crippen molar-refractivity contribution in [2.45, 2.75) is 20.4 Å². The quantitative estimate of drug-likeness (QED) is 0.590. The number of aromatic nitrogens is 3. The maximum absolute atomic E-state index is 12.5. The summed E-state index contributed by atoms with van der Waals surface area (Å²) in [6, 6.07) is 12.5. The van der Waals surface area contributed by atoms with Gasteiger partial charge in [-0.2, -0.15) is 0 Å². The van der Waals surface area contributed by atoms with Crippen molar-refractivity contribution in [3.63, 3.8) is 0 Å². The van der Waals surface area contributed by atoms with E-state index in [-0.39, 0.29) is 24.0 Å². The van der Waals surface area contributed by atoms with E-state index in [0.29, 0.717) is 17.1 Å². The van der Waals surface area contributed by atoms with Crippen LogP contribution in [0.1, 0.15) is 21.6 Å². The van der Waals surface area contributed by atoms with Gasteiger partial charge in [0.2, 0.25) is 5.91 Å². The summed E-state index contributed by atoms with van der Waals surface area (Å²) in [6.45, 7) is 3.68. The molecule has 0 aliphatic heterocycles. The number of carbonyl (C=O) groups is 2. The molecule has 0 saturated heterocycles. The number of hydrogen-bond acceptors (Lipinski definition) is 6. The molecule has 0 radical (unpaired) electrons. The number of anilines is 3. The molecule has 0 spiro atoms. The van der Waals surface area contributed by atoms with Gasteiger partial charge in [-0.1, -0.05) is 23.4 Å². The normalized spacial score (nSPS) is 10.4. The van der Waals surface area contributed by atoms with Gasteiger partial charge in [0.15, 0.2) is 11.5 Å². The molecule has 3 aromatic rings. The molecule has 1 aromatic heterocycles. The Morgan fingerprint density at radius 1 is 1.14 bits per heavy atom. The number of amides is 2. The van der Waals surface area contributed by atoms with Crippen molar-refractivity contribution in [1.82, 2.24) is 15.0 Å². The Hall–Kier alpha value is -3.88. The zero-order valence-corrected chi connectivity index (χ0v) is 16.4. The number of aryl methyl sites for hydroxylation is 1. The van der Waals surface area contributed by atoms with Crippen LogP contribution in [0.5, 0.6) is 5.75 Å². The first-order valence-electron chi connectivity index (χ1n) is 8.89. The van der Waals surface area contributed by atoms with Crippen LogP contribution in [-0.2, 0) is 11.3 Å². The fourth-order valence-electron chi connectivity index (χ4n) is 2.70. The number of nitrogens with one attached hydrogen (secondary N) is 2. The molecule has 0 aliphatic carbocycles. The number of ether oxygens (including phenoxy) is 1. The third-order valence-corrected chi connectivity index (χ3v) is 4.49. The molecule has 0 fully saturated rings. The summed E-state index contributed by atoms with van der Waals surface area (Å²) in [6.07, 6.45) is 0. The molecule has 4 N–H and O–H groups in total. The minimum absolute atomic E-state index is 0.00796. The lowest BCUT2D eigenvalue weighted by Gasteiger charge is -2.09. The number of nitrogen functional groups attached to an aromatic ring is 1. The van der Waals surface area contributed by atoms with Gasteiger partial charge in [0.25, 0.3) is 5.91 Å². The van der Waals surface area contributed by atoms with Crippen LogP contribution in [0.3, 0.4) is 0 Å². The maximum atomic E-state index is 12.5. The minimum Gasteiger partial charge on any atom is -0.497 e. The second-order valence-corrected chi connectivity index (χ2v) is 6.46. The lowest BCUT2D eigenvalue weighted by Crippen LogP contribution is -2.21. The molecule has 9 heteroatoms. The molecular formula is C20H22N6O3.